The van der Waals surface area contributed by atoms with E-state index in [-0.39, 0.29) is 44.3 Å². The largest absolute Gasteiger partial charge is 0.472 e. The van der Waals surface area contributed by atoms with Crippen molar-refractivity contribution in [2.75, 3.05) is 33.6 Å². The lowest BCUT2D eigenvalue weighted by Crippen LogP contribution is -2.33. The van der Waals surface area contributed by atoms with Crippen molar-refractivity contribution in [1.29, 1.82) is 0 Å². The molecule has 206 valence electrons. The van der Waals surface area contributed by atoms with Crippen molar-refractivity contribution in [3.05, 3.63) is 0 Å². The summed E-state index contributed by atoms with van der Waals surface area (Å²) in [5, 5.41) is 10.0. The highest BCUT2D eigenvalue weighted by molar-refractivity contribution is 7.53. The lowest BCUT2D eigenvalue weighted by molar-refractivity contribution is -0.0318. The molecule has 0 bridgehead atoms. The monoisotopic (exact) mass is 562 g/mol. The quantitative estimate of drug-likeness (QED) is 0.157. The molecule has 3 heterocycles. The van der Waals surface area contributed by atoms with E-state index in [1.54, 1.807) is 0 Å². The summed E-state index contributed by atoms with van der Waals surface area (Å²) >= 11 is 0. The van der Waals surface area contributed by atoms with Gasteiger partial charge in [-0.3, -0.25) is 13.6 Å². The smallest absolute Gasteiger partial charge is 0.390 e. The average Bonchev–Trinajstić information content (AvgIpc) is 3.47. The highest BCUT2D eigenvalue weighted by Crippen LogP contribution is 2.50. The number of methoxy groups -OCH3 is 1. The molecule has 3 fully saturated rings. The van der Waals surface area contributed by atoms with E-state index in [4.69, 9.17) is 37.0 Å². The highest BCUT2D eigenvalue weighted by atomic mass is 31.2. The van der Waals surface area contributed by atoms with Crippen molar-refractivity contribution >= 4 is 60.1 Å². The third-order valence-electron chi connectivity index (χ3n) is 6.92. The second-order valence-corrected chi connectivity index (χ2v) is 13.9. The molecular weight excluding hydrogens is 523 g/mol. The minimum Gasteiger partial charge on any atom is -0.390 e. The molecule has 2 N–H and O–H groups in total. The summed E-state index contributed by atoms with van der Waals surface area (Å²) in [6.07, 6.45) is -2.52. The van der Waals surface area contributed by atoms with Gasteiger partial charge in [0.25, 0.3) is 0 Å². The Bertz CT molecular complexity index is 832. The average molecular weight is 561 g/mol. The number of rotatable bonds is 14. The van der Waals surface area contributed by atoms with Gasteiger partial charge in [0.05, 0.1) is 61.3 Å². The van der Waals surface area contributed by atoms with E-state index in [9.17, 15) is 19.1 Å². The third-order valence-corrected chi connectivity index (χ3v) is 9.20. The van der Waals surface area contributed by atoms with Gasteiger partial charge in [0.15, 0.2) is 0 Å². The first-order chi connectivity index (χ1) is 17.3. The maximum atomic E-state index is 13.0. The summed E-state index contributed by atoms with van der Waals surface area (Å²) in [5.41, 5.74) is 0. The number of aliphatic hydroxyl groups is 1. The molecule has 12 nitrogen and oxygen atoms in total. The molecule has 20 heteroatoms. The van der Waals surface area contributed by atoms with E-state index in [2.05, 4.69) is 0 Å². The fourth-order valence-corrected chi connectivity index (χ4v) is 7.01. The molecule has 0 aromatic rings. The standard InChI is InChI=1S/C17H38B6O12P2/c1-28-6-13-11(5-17(33-13)23(20)21)35-37(26,27)30-8-14-10(4-16(22-19)32-14)34-36(2,25)29-7-12-9(24)3-15(18)31-12/h9-17,22,24H,3-8,18-21H2,1-2H3,(H,26,27). The van der Waals surface area contributed by atoms with Gasteiger partial charge in [-0.2, -0.15) is 0 Å². The van der Waals surface area contributed by atoms with Crippen molar-refractivity contribution in [2.24, 2.45) is 0 Å². The fraction of sp³-hybridized carbons (Fsp3) is 1.00. The van der Waals surface area contributed by atoms with E-state index in [1.807, 2.05) is 31.1 Å². The number of hydrogen-bond donors (Lipinski definition) is 2. The molecule has 3 aliphatic rings. The Labute approximate surface area is 223 Å². The van der Waals surface area contributed by atoms with Crippen LogP contribution in [0.25, 0.3) is 0 Å². The summed E-state index contributed by atoms with van der Waals surface area (Å²) in [4.78, 5) is 10.4. The van der Waals surface area contributed by atoms with Gasteiger partial charge in [-0.25, -0.2) is 4.57 Å². The van der Waals surface area contributed by atoms with Gasteiger partial charge in [-0.1, -0.05) is 0 Å². The van der Waals surface area contributed by atoms with Crippen molar-refractivity contribution < 1.29 is 56.2 Å². The molecule has 3 saturated heterocycles. The number of ether oxygens (including phenoxy) is 4. The lowest BCUT2D eigenvalue weighted by atomic mass is 9.16. The molecular formula is C17H38B6O12P2. The van der Waals surface area contributed by atoms with Crippen molar-refractivity contribution in [3.8, 4) is 0 Å². The van der Waals surface area contributed by atoms with E-state index >= 15 is 0 Å². The van der Waals surface area contributed by atoms with Crippen molar-refractivity contribution in [3.63, 3.8) is 0 Å². The Balaban J connectivity index is 1.54. The van der Waals surface area contributed by atoms with Crippen molar-refractivity contribution in [1.82, 2.24) is 0 Å². The Kier molecular flexibility index (Phi) is 12.0. The summed E-state index contributed by atoms with van der Waals surface area (Å²) < 4.78 is 70.5. The molecule has 37 heavy (non-hydrogen) atoms. The zero-order chi connectivity index (χ0) is 27.4. The lowest BCUT2D eigenvalue weighted by Gasteiger charge is -2.25. The van der Waals surface area contributed by atoms with Crippen molar-refractivity contribution in [2.45, 2.75) is 73.9 Å². The van der Waals surface area contributed by atoms with Crippen LogP contribution in [0.3, 0.4) is 0 Å². The van der Waals surface area contributed by atoms with Crippen LogP contribution >= 0.6 is 15.4 Å². The van der Waals surface area contributed by atoms with E-state index in [0.29, 0.717) is 26.4 Å². The van der Waals surface area contributed by atoms with Crippen LogP contribution in [0.15, 0.2) is 0 Å². The molecule has 0 aromatic carbocycles. The Hall–Kier alpha value is 0.450. The molecule has 0 saturated carbocycles. The Morgan fingerprint density at radius 1 is 0.973 bits per heavy atom. The van der Waals surface area contributed by atoms with Crippen LogP contribution in [0.5, 0.6) is 0 Å². The van der Waals surface area contributed by atoms with Gasteiger partial charge < -0.3 is 38.0 Å². The van der Waals surface area contributed by atoms with Crippen LogP contribution in [0.1, 0.15) is 19.3 Å². The van der Waals surface area contributed by atoms with Crippen LogP contribution in [0, 0.1) is 0 Å². The van der Waals surface area contributed by atoms with Crippen LogP contribution < -0.4 is 0 Å². The van der Waals surface area contributed by atoms with Crippen LogP contribution in [0.4, 0.5) is 0 Å². The van der Waals surface area contributed by atoms with Crippen LogP contribution in [0.2, 0.25) is 0 Å². The van der Waals surface area contributed by atoms with Crippen LogP contribution in [-0.4, -0.2) is 143 Å². The second kappa shape index (κ2) is 13.9. The van der Waals surface area contributed by atoms with Gasteiger partial charge in [-0.05, 0) is 19.3 Å². The molecule has 3 aliphatic heterocycles. The number of phosphoric acid groups is 1. The highest BCUT2D eigenvalue weighted by Gasteiger charge is 2.44. The first-order valence-electron chi connectivity index (χ1n) is 13.0. The fourth-order valence-electron chi connectivity index (χ4n) is 4.86. The minimum atomic E-state index is -4.47. The zero-order valence-electron chi connectivity index (χ0n) is 22.6. The first-order valence-corrected chi connectivity index (χ1v) is 16.5. The maximum Gasteiger partial charge on any atom is 0.472 e. The maximum absolute atomic E-state index is 13.0. The molecule has 0 amide bonds. The minimum absolute atomic E-state index is 0.0750. The summed E-state index contributed by atoms with van der Waals surface area (Å²) in [5.74, 6) is 0. The Morgan fingerprint density at radius 3 is 2.22 bits per heavy atom. The molecule has 11 atom stereocenters. The molecule has 0 aromatic heterocycles. The number of phosphoric ester groups is 1. The number of aliphatic hydroxyl groups excluding tert-OH is 1. The zero-order valence-corrected chi connectivity index (χ0v) is 24.4. The summed E-state index contributed by atoms with van der Waals surface area (Å²) in [7, 11) is 1.97. The molecule has 11 unspecified atom stereocenters. The SMILES string of the molecule is BBC1CC(OP(C)(=O)OCC2OC(B)CC2O)C(COP(=O)(O)OC2CC(B(B)B)OC2COC)O1. The molecule has 3 rings (SSSR count). The summed E-state index contributed by atoms with van der Waals surface area (Å²) in [6.45, 7) is 1.40. The van der Waals surface area contributed by atoms with Gasteiger partial charge in [0.1, 0.15) is 39.8 Å². The van der Waals surface area contributed by atoms with Gasteiger partial charge in [0, 0.05) is 31.8 Å². The van der Waals surface area contributed by atoms with E-state index < -0.39 is 52.0 Å². The normalized spacial score (nSPS) is 39.3. The molecule has 0 spiro atoms. The predicted molar refractivity (Wildman–Crippen MR) is 150 cm³/mol. The van der Waals surface area contributed by atoms with Crippen LogP contribution in [-0.2, 0) is 46.2 Å². The second-order valence-electron chi connectivity index (χ2n) is 10.5. The molecule has 0 radical (unpaired) electrons. The predicted octanol–water partition coefficient (Wildman–Crippen LogP) is -3.98. The van der Waals surface area contributed by atoms with Gasteiger partial charge in [-0.15, -0.1) is 0 Å². The van der Waals surface area contributed by atoms with Gasteiger partial charge >= 0.3 is 15.4 Å². The Morgan fingerprint density at radius 2 is 1.62 bits per heavy atom. The van der Waals surface area contributed by atoms with E-state index in [1.165, 1.54) is 13.8 Å². The third kappa shape index (κ3) is 9.51. The molecule has 0 aliphatic carbocycles. The number of hydrogen-bond acceptors (Lipinski definition) is 11. The van der Waals surface area contributed by atoms with Gasteiger partial charge in [0.2, 0.25) is 0 Å². The topological polar surface area (TPSA) is 148 Å². The summed E-state index contributed by atoms with van der Waals surface area (Å²) in [6, 6.07) is -0.423. The van der Waals surface area contributed by atoms with E-state index in [0.717, 1.165) is 0 Å². The first kappa shape index (κ1) is 32.0.